The molecule has 0 aliphatic heterocycles. The van der Waals surface area contributed by atoms with E-state index in [0.717, 1.165) is 12.8 Å². The Labute approximate surface area is 120 Å². The van der Waals surface area contributed by atoms with E-state index < -0.39 is 0 Å². The fourth-order valence-corrected chi connectivity index (χ4v) is 3.35. The molecule has 0 N–H and O–H groups in total. The van der Waals surface area contributed by atoms with Crippen molar-refractivity contribution in [3.05, 3.63) is 58.0 Å². The second-order valence-corrected chi connectivity index (χ2v) is 5.74. The van der Waals surface area contributed by atoms with E-state index in [1.54, 1.807) is 12.3 Å². The summed E-state index contributed by atoms with van der Waals surface area (Å²) in [5.41, 5.74) is 3.41. The van der Waals surface area contributed by atoms with Gasteiger partial charge in [0.25, 0.3) is 0 Å². The summed E-state index contributed by atoms with van der Waals surface area (Å²) in [5.74, 6) is 0.501. The van der Waals surface area contributed by atoms with Crippen LogP contribution in [0.25, 0.3) is 0 Å². The number of furan rings is 1. The lowest BCUT2D eigenvalue weighted by Crippen LogP contribution is -2.13. The van der Waals surface area contributed by atoms with Gasteiger partial charge in [-0.2, -0.15) is 0 Å². The normalized spacial score (nSPS) is 18.1. The first-order valence-electron chi connectivity index (χ1n) is 6.59. The van der Waals surface area contributed by atoms with Gasteiger partial charge in [0.05, 0.1) is 11.8 Å². The van der Waals surface area contributed by atoms with Crippen LogP contribution < -0.4 is 0 Å². The first kappa shape index (κ1) is 12.7. The quantitative estimate of drug-likeness (QED) is 0.765. The van der Waals surface area contributed by atoms with Crippen molar-refractivity contribution in [3.8, 4) is 0 Å². The topological polar surface area (TPSA) is 30.2 Å². The summed E-state index contributed by atoms with van der Waals surface area (Å²) < 4.78 is 5.68. The maximum Gasteiger partial charge on any atom is 0.179 e. The number of carbonyl (C=O) groups excluding carboxylic acids is 1. The van der Waals surface area contributed by atoms with Crippen molar-refractivity contribution in [3.63, 3.8) is 0 Å². The van der Waals surface area contributed by atoms with Gasteiger partial charge < -0.3 is 4.42 Å². The van der Waals surface area contributed by atoms with Crippen molar-refractivity contribution >= 4 is 21.7 Å². The zero-order valence-electron chi connectivity index (χ0n) is 10.6. The second-order valence-electron chi connectivity index (χ2n) is 5.02. The number of Topliss-reactive ketones (excluding diaryl/α,β-unsaturated/α-hetero) is 1. The number of hydrogen-bond donors (Lipinski definition) is 0. The maximum absolute atomic E-state index is 12.3. The molecule has 1 aromatic heterocycles. The Kier molecular flexibility index (Phi) is 3.56. The predicted octanol–water partition coefficient (Wildman–Crippen LogP) is 4.74. The molecular weight excluding hydrogens is 304 g/mol. The van der Waals surface area contributed by atoms with Crippen molar-refractivity contribution in [2.45, 2.75) is 31.6 Å². The number of ketones is 1. The molecule has 1 aromatic carbocycles. The Hall–Kier alpha value is -1.35. The molecule has 0 saturated carbocycles. The lowest BCUT2D eigenvalue weighted by Gasteiger charge is -2.24. The minimum Gasteiger partial charge on any atom is -0.457 e. The van der Waals surface area contributed by atoms with Crippen LogP contribution in [0.15, 0.2) is 45.7 Å². The molecule has 1 aliphatic carbocycles. The molecule has 0 spiro atoms. The first-order chi connectivity index (χ1) is 9.25. The number of hydrogen-bond acceptors (Lipinski definition) is 2. The molecule has 1 aliphatic rings. The van der Waals surface area contributed by atoms with Gasteiger partial charge in [-0.05, 0) is 58.3 Å². The van der Waals surface area contributed by atoms with E-state index in [-0.39, 0.29) is 5.78 Å². The van der Waals surface area contributed by atoms with Crippen molar-refractivity contribution < 1.29 is 9.21 Å². The highest BCUT2D eigenvalue weighted by molar-refractivity contribution is 9.10. The zero-order chi connectivity index (χ0) is 13.2. The monoisotopic (exact) mass is 318 g/mol. The van der Waals surface area contributed by atoms with Crippen LogP contribution in [-0.2, 0) is 6.42 Å². The number of halogens is 1. The van der Waals surface area contributed by atoms with E-state index in [2.05, 4.69) is 40.2 Å². The molecule has 19 heavy (non-hydrogen) atoms. The molecule has 0 fully saturated rings. The minimum absolute atomic E-state index is 0.155. The van der Waals surface area contributed by atoms with Crippen LogP contribution in [0.4, 0.5) is 0 Å². The molecule has 1 atom stereocenters. The van der Waals surface area contributed by atoms with Crippen LogP contribution in [0.2, 0.25) is 0 Å². The molecule has 3 rings (SSSR count). The van der Waals surface area contributed by atoms with Gasteiger partial charge in [0, 0.05) is 6.42 Å². The number of rotatable bonds is 3. The van der Waals surface area contributed by atoms with Crippen LogP contribution in [0.5, 0.6) is 0 Å². The molecular formula is C16H15BrO2. The molecule has 0 radical (unpaired) electrons. The third-order valence-corrected chi connectivity index (χ3v) is 4.46. The SMILES string of the molecule is O=C(CC1CCCc2ccccc21)c1ccoc1Br. The van der Waals surface area contributed by atoms with Gasteiger partial charge in [-0.1, -0.05) is 24.3 Å². The molecule has 3 heteroatoms. The largest absolute Gasteiger partial charge is 0.457 e. The van der Waals surface area contributed by atoms with E-state index in [9.17, 15) is 4.79 Å². The zero-order valence-corrected chi connectivity index (χ0v) is 12.2. The highest BCUT2D eigenvalue weighted by Gasteiger charge is 2.24. The Morgan fingerprint density at radius 1 is 1.32 bits per heavy atom. The van der Waals surface area contributed by atoms with Gasteiger partial charge >= 0.3 is 0 Å². The Morgan fingerprint density at radius 3 is 2.95 bits per heavy atom. The highest BCUT2D eigenvalue weighted by Crippen LogP contribution is 2.35. The predicted molar refractivity (Wildman–Crippen MR) is 77.5 cm³/mol. The second kappa shape index (κ2) is 5.33. The standard InChI is InChI=1S/C16H15BrO2/c17-16-14(8-9-19-16)15(18)10-12-6-3-5-11-4-1-2-7-13(11)12/h1-2,4,7-9,12H,3,5-6,10H2. The number of carbonyl (C=O) groups is 1. The summed E-state index contributed by atoms with van der Waals surface area (Å²) in [5, 5.41) is 0. The first-order valence-corrected chi connectivity index (χ1v) is 7.39. The molecule has 2 nitrogen and oxygen atoms in total. The molecule has 98 valence electrons. The summed E-state index contributed by atoms with van der Waals surface area (Å²) in [6, 6.07) is 10.2. The lowest BCUT2D eigenvalue weighted by molar-refractivity contribution is 0.0969. The van der Waals surface area contributed by atoms with Gasteiger partial charge in [0.2, 0.25) is 0 Å². The van der Waals surface area contributed by atoms with Crippen LogP contribution in [0, 0.1) is 0 Å². The van der Waals surface area contributed by atoms with Crippen molar-refractivity contribution in [2.24, 2.45) is 0 Å². The van der Waals surface area contributed by atoms with E-state index in [1.165, 1.54) is 17.5 Å². The third-order valence-electron chi connectivity index (χ3n) is 3.84. The minimum atomic E-state index is 0.155. The maximum atomic E-state index is 12.3. The van der Waals surface area contributed by atoms with E-state index in [1.807, 2.05) is 0 Å². The van der Waals surface area contributed by atoms with Crippen molar-refractivity contribution in [1.82, 2.24) is 0 Å². The van der Waals surface area contributed by atoms with E-state index in [0.29, 0.717) is 22.6 Å². The van der Waals surface area contributed by atoms with Crippen LogP contribution in [0.1, 0.15) is 46.7 Å². The smallest absolute Gasteiger partial charge is 0.179 e. The number of fused-ring (bicyclic) bond motifs is 1. The Balaban J connectivity index is 1.82. The average Bonchev–Trinajstić information content (AvgIpc) is 2.85. The molecule has 2 aromatic rings. The van der Waals surface area contributed by atoms with Gasteiger partial charge in [-0.3, -0.25) is 4.79 Å². The van der Waals surface area contributed by atoms with E-state index >= 15 is 0 Å². The summed E-state index contributed by atoms with van der Waals surface area (Å²) in [7, 11) is 0. The van der Waals surface area contributed by atoms with Crippen molar-refractivity contribution in [1.29, 1.82) is 0 Å². The van der Waals surface area contributed by atoms with E-state index in [4.69, 9.17) is 4.42 Å². The Morgan fingerprint density at radius 2 is 2.16 bits per heavy atom. The van der Waals surface area contributed by atoms with Crippen LogP contribution in [0.3, 0.4) is 0 Å². The molecule has 0 amide bonds. The van der Waals surface area contributed by atoms with Gasteiger partial charge in [0.1, 0.15) is 0 Å². The highest BCUT2D eigenvalue weighted by atomic mass is 79.9. The van der Waals surface area contributed by atoms with Gasteiger partial charge in [0.15, 0.2) is 10.5 Å². The Bertz CT molecular complexity index is 600. The number of aryl methyl sites for hydroxylation is 1. The molecule has 0 saturated heterocycles. The summed E-state index contributed by atoms with van der Waals surface area (Å²) >= 11 is 3.28. The fourth-order valence-electron chi connectivity index (χ4n) is 2.89. The van der Waals surface area contributed by atoms with Crippen LogP contribution >= 0.6 is 15.9 Å². The third kappa shape index (κ3) is 2.52. The molecule has 1 heterocycles. The van der Waals surface area contributed by atoms with Crippen LogP contribution in [-0.4, -0.2) is 5.78 Å². The van der Waals surface area contributed by atoms with Gasteiger partial charge in [-0.15, -0.1) is 0 Å². The average molecular weight is 319 g/mol. The lowest BCUT2D eigenvalue weighted by atomic mass is 9.80. The molecule has 1 unspecified atom stereocenters. The summed E-state index contributed by atoms with van der Waals surface area (Å²) in [4.78, 5) is 12.3. The summed E-state index contributed by atoms with van der Waals surface area (Å²) in [6.45, 7) is 0. The summed E-state index contributed by atoms with van der Waals surface area (Å²) in [6.07, 6.45) is 5.51. The number of benzene rings is 1. The van der Waals surface area contributed by atoms with Gasteiger partial charge in [-0.25, -0.2) is 0 Å². The fraction of sp³-hybridized carbons (Fsp3) is 0.312. The molecule has 0 bridgehead atoms. The van der Waals surface area contributed by atoms with Crippen molar-refractivity contribution in [2.75, 3.05) is 0 Å².